The summed E-state index contributed by atoms with van der Waals surface area (Å²) < 4.78 is 9.94. The SMILES string of the molecule is CCOC(=O)CCc1cccc(CCl)c1C(=O)OCC. The zero-order valence-corrected chi connectivity index (χ0v) is 12.5. The number of esters is 2. The van der Waals surface area contributed by atoms with E-state index < -0.39 is 5.97 Å². The first kappa shape index (κ1) is 16.5. The molecule has 0 amide bonds. The summed E-state index contributed by atoms with van der Waals surface area (Å²) in [5.41, 5.74) is 1.94. The quantitative estimate of drug-likeness (QED) is 0.573. The summed E-state index contributed by atoms with van der Waals surface area (Å²) in [6.07, 6.45) is 0.656. The normalized spacial score (nSPS) is 10.2. The minimum atomic E-state index is -0.400. The fourth-order valence-electron chi connectivity index (χ4n) is 1.91. The highest BCUT2D eigenvalue weighted by Gasteiger charge is 2.17. The molecule has 0 fully saturated rings. The number of carbonyl (C=O) groups is 2. The van der Waals surface area contributed by atoms with Crippen LogP contribution in [0.15, 0.2) is 18.2 Å². The third kappa shape index (κ3) is 4.53. The topological polar surface area (TPSA) is 52.6 Å². The zero-order valence-electron chi connectivity index (χ0n) is 11.8. The smallest absolute Gasteiger partial charge is 0.338 e. The van der Waals surface area contributed by atoms with Crippen LogP contribution >= 0.6 is 11.6 Å². The maximum Gasteiger partial charge on any atom is 0.338 e. The highest BCUT2D eigenvalue weighted by atomic mass is 35.5. The number of ether oxygens (including phenoxy) is 2. The Labute approximate surface area is 124 Å². The van der Waals surface area contributed by atoms with Crippen LogP contribution in [0.2, 0.25) is 0 Å². The van der Waals surface area contributed by atoms with Crippen LogP contribution in [-0.4, -0.2) is 25.2 Å². The zero-order chi connectivity index (χ0) is 15.0. The van der Waals surface area contributed by atoms with E-state index in [4.69, 9.17) is 21.1 Å². The van der Waals surface area contributed by atoms with Gasteiger partial charge in [-0.05, 0) is 31.4 Å². The van der Waals surface area contributed by atoms with Gasteiger partial charge in [0.2, 0.25) is 0 Å². The van der Waals surface area contributed by atoms with Crippen LogP contribution in [0.4, 0.5) is 0 Å². The minimum Gasteiger partial charge on any atom is -0.466 e. The Morgan fingerprint density at radius 2 is 1.75 bits per heavy atom. The third-order valence-electron chi connectivity index (χ3n) is 2.76. The number of hydrogen-bond donors (Lipinski definition) is 0. The summed E-state index contributed by atoms with van der Waals surface area (Å²) in [7, 11) is 0. The second-order valence-electron chi connectivity index (χ2n) is 4.11. The van der Waals surface area contributed by atoms with Crippen molar-refractivity contribution in [3.8, 4) is 0 Å². The molecule has 0 N–H and O–H groups in total. The van der Waals surface area contributed by atoms with Crippen molar-refractivity contribution < 1.29 is 19.1 Å². The first-order valence-electron chi connectivity index (χ1n) is 6.63. The molecule has 5 heteroatoms. The first-order chi connectivity index (χ1) is 9.63. The second kappa shape index (κ2) is 8.59. The molecule has 0 bridgehead atoms. The number of aryl methyl sites for hydroxylation is 1. The Morgan fingerprint density at radius 1 is 1.10 bits per heavy atom. The van der Waals surface area contributed by atoms with E-state index in [9.17, 15) is 9.59 Å². The molecule has 0 unspecified atom stereocenters. The van der Waals surface area contributed by atoms with Crippen LogP contribution in [0.5, 0.6) is 0 Å². The van der Waals surface area contributed by atoms with Crippen molar-refractivity contribution in [2.45, 2.75) is 32.6 Å². The largest absolute Gasteiger partial charge is 0.466 e. The fourth-order valence-corrected chi connectivity index (χ4v) is 2.13. The molecule has 1 rings (SSSR count). The van der Waals surface area contributed by atoms with Crippen molar-refractivity contribution in [1.29, 1.82) is 0 Å². The standard InChI is InChI=1S/C15H19ClO4/c1-3-19-13(17)9-8-11-6-5-7-12(10-16)14(11)15(18)20-4-2/h5-7H,3-4,8-10H2,1-2H3. The summed E-state index contributed by atoms with van der Waals surface area (Å²) in [5, 5.41) is 0. The maximum atomic E-state index is 12.0. The molecular formula is C15H19ClO4. The van der Waals surface area contributed by atoms with Crippen molar-refractivity contribution in [3.63, 3.8) is 0 Å². The van der Waals surface area contributed by atoms with Crippen molar-refractivity contribution in [1.82, 2.24) is 0 Å². The average molecular weight is 299 g/mol. The maximum absolute atomic E-state index is 12.0. The Hall–Kier alpha value is -1.55. The lowest BCUT2D eigenvalue weighted by Gasteiger charge is -2.12. The van der Waals surface area contributed by atoms with Crippen molar-refractivity contribution in [2.24, 2.45) is 0 Å². The highest BCUT2D eigenvalue weighted by Crippen LogP contribution is 2.20. The molecule has 0 aromatic heterocycles. The van der Waals surface area contributed by atoms with Gasteiger partial charge in [0.1, 0.15) is 0 Å². The molecule has 0 aliphatic carbocycles. The molecule has 0 saturated carbocycles. The van der Waals surface area contributed by atoms with Gasteiger partial charge in [0.25, 0.3) is 0 Å². The summed E-state index contributed by atoms with van der Waals surface area (Å²) in [4.78, 5) is 23.4. The van der Waals surface area contributed by atoms with E-state index >= 15 is 0 Å². The van der Waals surface area contributed by atoms with E-state index in [0.29, 0.717) is 30.8 Å². The van der Waals surface area contributed by atoms with Crippen LogP contribution in [0.1, 0.15) is 41.8 Å². The van der Waals surface area contributed by atoms with Gasteiger partial charge >= 0.3 is 11.9 Å². The van der Waals surface area contributed by atoms with Crippen LogP contribution in [-0.2, 0) is 26.6 Å². The Balaban J connectivity index is 2.94. The molecule has 0 spiro atoms. The average Bonchev–Trinajstić information content (AvgIpc) is 2.45. The van der Waals surface area contributed by atoms with E-state index in [1.807, 2.05) is 12.1 Å². The lowest BCUT2D eigenvalue weighted by Crippen LogP contribution is -2.13. The summed E-state index contributed by atoms with van der Waals surface area (Å²) in [5.74, 6) is -0.456. The predicted octanol–water partition coefficient (Wildman–Crippen LogP) is 3.10. The monoisotopic (exact) mass is 298 g/mol. The van der Waals surface area contributed by atoms with Gasteiger partial charge in [-0.15, -0.1) is 11.6 Å². The molecule has 110 valence electrons. The second-order valence-corrected chi connectivity index (χ2v) is 4.38. The predicted molar refractivity (Wildman–Crippen MR) is 76.9 cm³/mol. The Bertz CT molecular complexity index is 471. The molecule has 0 heterocycles. The molecule has 1 aromatic carbocycles. The van der Waals surface area contributed by atoms with Crippen LogP contribution in [0, 0.1) is 0 Å². The number of halogens is 1. The fraction of sp³-hybridized carbons (Fsp3) is 0.467. The van der Waals surface area contributed by atoms with Gasteiger partial charge in [0, 0.05) is 12.3 Å². The number of benzene rings is 1. The van der Waals surface area contributed by atoms with Gasteiger partial charge in [-0.1, -0.05) is 18.2 Å². The van der Waals surface area contributed by atoms with E-state index in [-0.39, 0.29) is 18.3 Å². The molecule has 0 atom stereocenters. The lowest BCUT2D eigenvalue weighted by atomic mass is 9.98. The molecule has 20 heavy (non-hydrogen) atoms. The van der Waals surface area contributed by atoms with E-state index in [1.54, 1.807) is 19.9 Å². The molecular weight excluding hydrogens is 280 g/mol. The summed E-state index contributed by atoms with van der Waals surface area (Å²) in [6.45, 7) is 4.16. The molecule has 0 saturated heterocycles. The van der Waals surface area contributed by atoms with Crippen molar-refractivity contribution >= 4 is 23.5 Å². The Morgan fingerprint density at radius 3 is 2.35 bits per heavy atom. The molecule has 4 nitrogen and oxygen atoms in total. The van der Waals surface area contributed by atoms with Gasteiger partial charge < -0.3 is 9.47 Å². The summed E-state index contributed by atoms with van der Waals surface area (Å²) >= 11 is 5.86. The van der Waals surface area contributed by atoms with Gasteiger partial charge in [-0.2, -0.15) is 0 Å². The number of carbonyl (C=O) groups excluding carboxylic acids is 2. The molecule has 1 aromatic rings. The lowest BCUT2D eigenvalue weighted by molar-refractivity contribution is -0.143. The Kier molecular flexibility index (Phi) is 7.09. The van der Waals surface area contributed by atoms with Crippen LogP contribution in [0.25, 0.3) is 0 Å². The number of rotatable bonds is 7. The minimum absolute atomic E-state index is 0.224. The van der Waals surface area contributed by atoms with Crippen LogP contribution in [0.3, 0.4) is 0 Å². The van der Waals surface area contributed by atoms with Crippen LogP contribution < -0.4 is 0 Å². The summed E-state index contributed by atoms with van der Waals surface area (Å²) in [6, 6.07) is 5.41. The molecule has 0 radical (unpaired) electrons. The molecule has 0 aliphatic rings. The van der Waals surface area contributed by atoms with Crippen molar-refractivity contribution in [2.75, 3.05) is 13.2 Å². The highest BCUT2D eigenvalue weighted by molar-refractivity contribution is 6.17. The van der Waals surface area contributed by atoms with E-state index in [1.165, 1.54) is 0 Å². The number of alkyl halides is 1. The van der Waals surface area contributed by atoms with Gasteiger partial charge in [0.05, 0.1) is 18.8 Å². The first-order valence-corrected chi connectivity index (χ1v) is 7.16. The van der Waals surface area contributed by atoms with Gasteiger partial charge in [-0.25, -0.2) is 4.79 Å². The third-order valence-corrected chi connectivity index (χ3v) is 3.05. The molecule has 0 aliphatic heterocycles. The van der Waals surface area contributed by atoms with Crippen molar-refractivity contribution in [3.05, 3.63) is 34.9 Å². The van der Waals surface area contributed by atoms with E-state index in [2.05, 4.69) is 0 Å². The van der Waals surface area contributed by atoms with Gasteiger partial charge in [0.15, 0.2) is 0 Å². The van der Waals surface area contributed by atoms with Gasteiger partial charge in [-0.3, -0.25) is 4.79 Å². The number of hydrogen-bond acceptors (Lipinski definition) is 4. The van der Waals surface area contributed by atoms with E-state index in [0.717, 1.165) is 5.56 Å².